The van der Waals surface area contributed by atoms with Crippen LogP contribution in [-0.4, -0.2) is 48.6 Å². The van der Waals surface area contributed by atoms with Gasteiger partial charge in [-0.05, 0) is 30.9 Å². The van der Waals surface area contributed by atoms with Crippen LogP contribution in [-0.2, 0) is 6.54 Å². The zero-order chi connectivity index (χ0) is 14.5. The SMILES string of the molecule is NCC1CCCCC1N1CCN(Cc2ccccc2)CC1. The van der Waals surface area contributed by atoms with Crippen LogP contribution in [0.1, 0.15) is 31.2 Å². The smallest absolute Gasteiger partial charge is 0.0234 e. The van der Waals surface area contributed by atoms with Crippen LogP contribution in [0.25, 0.3) is 0 Å². The number of nitrogens with two attached hydrogens (primary N) is 1. The van der Waals surface area contributed by atoms with Gasteiger partial charge < -0.3 is 5.73 Å². The Hall–Kier alpha value is -0.900. The standard InChI is InChI=1S/C18H29N3/c19-14-17-8-4-5-9-18(17)21-12-10-20(11-13-21)15-16-6-2-1-3-7-16/h1-3,6-7,17-18H,4-5,8-15,19H2. The van der Waals surface area contributed by atoms with E-state index in [1.54, 1.807) is 0 Å². The minimum Gasteiger partial charge on any atom is -0.330 e. The lowest BCUT2D eigenvalue weighted by Crippen LogP contribution is -2.53. The molecule has 116 valence electrons. The minimum atomic E-state index is 0.736. The third-order valence-electron chi connectivity index (χ3n) is 5.30. The predicted molar refractivity (Wildman–Crippen MR) is 88.1 cm³/mol. The van der Waals surface area contributed by atoms with Gasteiger partial charge in [-0.3, -0.25) is 9.80 Å². The van der Waals surface area contributed by atoms with Crippen molar-refractivity contribution < 1.29 is 0 Å². The van der Waals surface area contributed by atoms with Gasteiger partial charge in [0.2, 0.25) is 0 Å². The second-order valence-electron chi connectivity index (χ2n) is 6.65. The minimum absolute atomic E-state index is 0.736. The Bertz CT molecular complexity index is 412. The maximum atomic E-state index is 5.99. The van der Waals surface area contributed by atoms with Crippen molar-refractivity contribution in [3.63, 3.8) is 0 Å². The van der Waals surface area contributed by atoms with E-state index < -0.39 is 0 Å². The first kappa shape index (κ1) is 15.0. The van der Waals surface area contributed by atoms with Crippen molar-refractivity contribution in [2.75, 3.05) is 32.7 Å². The van der Waals surface area contributed by atoms with Gasteiger partial charge in [0.25, 0.3) is 0 Å². The Labute approximate surface area is 129 Å². The molecule has 3 heteroatoms. The highest BCUT2D eigenvalue weighted by molar-refractivity contribution is 5.14. The average Bonchev–Trinajstić information content (AvgIpc) is 2.56. The van der Waals surface area contributed by atoms with Crippen LogP contribution in [0.3, 0.4) is 0 Å². The molecule has 0 amide bonds. The maximum absolute atomic E-state index is 5.99. The summed E-state index contributed by atoms with van der Waals surface area (Å²) in [6.45, 7) is 6.79. The number of hydrogen-bond acceptors (Lipinski definition) is 3. The van der Waals surface area contributed by atoms with E-state index in [2.05, 4.69) is 40.1 Å². The van der Waals surface area contributed by atoms with Gasteiger partial charge in [0.15, 0.2) is 0 Å². The van der Waals surface area contributed by atoms with Gasteiger partial charge in [0.05, 0.1) is 0 Å². The second-order valence-corrected chi connectivity index (χ2v) is 6.65. The normalized spacial score (nSPS) is 28.6. The third kappa shape index (κ3) is 3.85. The average molecular weight is 287 g/mol. The highest BCUT2D eigenvalue weighted by atomic mass is 15.3. The summed E-state index contributed by atoms with van der Waals surface area (Å²) in [5, 5.41) is 0. The summed E-state index contributed by atoms with van der Waals surface area (Å²) in [5.41, 5.74) is 7.43. The topological polar surface area (TPSA) is 32.5 Å². The maximum Gasteiger partial charge on any atom is 0.0234 e. The third-order valence-corrected chi connectivity index (χ3v) is 5.30. The molecule has 2 aliphatic rings. The van der Waals surface area contributed by atoms with E-state index in [1.807, 2.05) is 0 Å². The molecule has 3 nitrogen and oxygen atoms in total. The van der Waals surface area contributed by atoms with Crippen molar-refractivity contribution in [3.8, 4) is 0 Å². The molecule has 2 N–H and O–H groups in total. The zero-order valence-electron chi connectivity index (χ0n) is 13.1. The van der Waals surface area contributed by atoms with Crippen molar-refractivity contribution in [1.29, 1.82) is 0 Å². The van der Waals surface area contributed by atoms with Crippen LogP contribution >= 0.6 is 0 Å². The van der Waals surface area contributed by atoms with E-state index in [9.17, 15) is 0 Å². The first-order valence-electron chi connectivity index (χ1n) is 8.57. The molecule has 21 heavy (non-hydrogen) atoms. The van der Waals surface area contributed by atoms with Gasteiger partial charge in [-0.1, -0.05) is 43.2 Å². The first-order valence-corrected chi connectivity index (χ1v) is 8.57. The molecule has 1 heterocycles. The summed E-state index contributed by atoms with van der Waals surface area (Å²) in [5.74, 6) is 0.736. The fourth-order valence-corrected chi connectivity index (χ4v) is 4.04. The molecule has 1 aromatic carbocycles. The molecule has 0 spiro atoms. The van der Waals surface area contributed by atoms with Gasteiger partial charge >= 0.3 is 0 Å². The van der Waals surface area contributed by atoms with E-state index in [4.69, 9.17) is 5.73 Å². The molecule has 2 unspecified atom stereocenters. The summed E-state index contributed by atoms with van der Waals surface area (Å²) in [4.78, 5) is 5.31. The van der Waals surface area contributed by atoms with Crippen LogP contribution in [0, 0.1) is 5.92 Å². The molecule has 0 bridgehead atoms. The van der Waals surface area contributed by atoms with E-state index in [0.29, 0.717) is 0 Å². The molecule has 3 rings (SSSR count). The van der Waals surface area contributed by atoms with E-state index in [0.717, 1.165) is 25.0 Å². The zero-order valence-corrected chi connectivity index (χ0v) is 13.1. The largest absolute Gasteiger partial charge is 0.330 e. The van der Waals surface area contributed by atoms with E-state index >= 15 is 0 Å². The van der Waals surface area contributed by atoms with E-state index in [1.165, 1.54) is 57.4 Å². The Balaban J connectivity index is 1.50. The van der Waals surface area contributed by atoms with Crippen molar-refractivity contribution in [1.82, 2.24) is 9.80 Å². The van der Waals surface area contributed by atoms with Gasteiger partial charge in [-0.2, -0.15) is 0 Å². The van der Waals surface area contributed by atoms with Crippen LogP contribution in [0.2, 0.25) is 0 Å². The van der Waals surface area contributed by atoms with Crippen molar-refractivity contribution >= 4 is 0 Å². The highest BCUT2D eigenvalue weighted by Gasteiger charge is 2.31. The fourth-order valence-electron chi connectivity index (χ4n) is 4.04. The number of rotatable bonds is 4. The lowest BCUT2D eigenvalue weighted by Gasteiger charge is -2.44. The molecule has 1 saturated carbocycles. The predicted octanol–water partition coefficient (Wildman–Crippen LogP) is 2.32. The number of nitrogens with zero attached hydrogens (tertiary/aromatic N) is 2. The molecule has 2 atom stereocenters. The molecule has 0 aromatic heterocycles. The summed E-state index contributed by atoms with van der Waals surface area (Å²) < 4.78 is 0. The monoisotopic (exact) mass is 287 g/mol. The molecule has 1 aliphatic heterocycles. The summed E-state index contributed by atoms with van der Waals surface area (Å²) >= 11 is 0. The molecular weight excluding hydrogens is 258 g/mol. The van der Waals surface area contributed by atoms with Crippen molar-refractivity contribution in [2.45, 2.75) is 38.3 Å². The molecule has 1 aromatic rings. The second kappa shape index (κ2) is 7.39. The summed E-state index contributed by atoms with van der Waals surface area (Å²) in [7, 11) is 0. The van der Waals surface area contributed by atoms with Gasteiger partial charge in [-0.15, -0.1) is 0 Å². The van der Waals surface area contributed by atoms with E-state index in [-0.39, 0.29) is 0 Å². The van der Waals surface area contributed by atoms with Crippen LogP contribution in [0.4, 0.5) is 0 Å². The Morgan fingerprint density at radius 1 is 0.952 bits per heavy atom. The Morgan fingerprint density at radius 2 is 1.67 bits per heavy atom. The van der Waals surface area contributed by atoms with Crippen LogP contribution in [0.15, 0.2) is 30.3 Å². The summed E-state index contributed by atoms with van der Waals surface area (Å²) in [6, 6.07) is 11.6. The highest BCUT2D eigenvalue weighted by Crippen LogP contribution is 2.28. The Kier molecular flexibility index (Phi) is 5.28. The lowest BCUT2D eigenvalue weighted by atomic mass is 9.83. The Morgan fingerprint density at radius 3 is 2.38 bits per heavy atom. The van der Waals surface area contributed by atoms with Crippen LogP contribution < -0.4 is 5.73 Å². The number of piperazine rings is 1. The molecular formula is C18H29N3. The quantitative estimate of drug-likeness (QED) is 0.922. The molecule has 2 fully saturated rings. The lowest BCUT2D eigenvalue weighted by molar-refractivity contribution is 0.0492. The van der Waals surface area contributed by atoms with Gasteiger partial charge in [-0.25, -0.2) is 0 Å². The molecule has 1 aliphatic carbocycles. The summed E-state index contributed by atoms with van der Waals surface area (Å²) in [6.07, 6.45) is 5.48. The first-order chi connectivity index (χ1) is 10.4. The molecule has 0 radical (unpaired) electrons. The number of benzene rings is 1. The van der Waals surface area contributed by atoms with Crippen LogP contribution in [0.5, 0.6) is 0 Å². The van der Waals surface area contributed by atoms with Crippen molar-refractivity contribution in [3.05, 3.63) is 35.9 Å². The fraction of sp³-hybridized carbons (Fsp3) is 0.667. The van der Waals surface area contributed by atoms with Gasteiger partial charge in [0, 0.05) is 38.8 Å². The van der Waals surface area contributed by atoms with Crippen molar-refractivity contribution in [2.24, 2.45) is 11.7 Å². The molecule has 1 saturated heterocycles. The van der Waals surface area contributed by atoms with Gasteiger partial charge in [0.1, 0.15) is 0 Å². The number of hydrogen-bond donors (Lipinski definition) is 1.